The predicted octanol–water partition coefficient (Wildman–Crippen LogP) is 1.89. The molecule has 1 aromatic rings. The number of nitrogens with zero attached hydrogens (tertiary/aromatic N) is 1. The molecule has 114 valence electrons. The molecule has 1 saturated carbocycles. The van der Waals surface area contributed by atoms with Crippen LogP contribution in [0.4, 0.5) is 8.78 Å². The highest BCUT2D eigenvalue weighted by Crippen LogP contribution is 2.38. The summed E-state index contributed by atoms with van der Waals surface area (Å²) in [5, 5.41) is 14.3. The quantitative estimate of drug-likeness (QED) is 0.343. The van der Waals surface area contributed by atoms with Crippen LogP contribution < -0.4 is 11.1 Å². The molecule has 0 aromatic heterocycles. The largest absolute Gasteiger partial charge is 0.409 e. The highest BCUT2D eigenvalue weighted by atomic mass is 19.1. The van der Waals surface area contributed by atoms with E-state index in [0.29, 0.717) is 12.8 Å². The molecule has 1 aliphatic rings. The molecule has 1 aliphatic carbocycles. The Bertz CT molecular complexity index is 569. The molecule has 1 aromatic carbocycles. The lowest BCUT2D eigenvalue weighted by Gasteiger charge is -2.26. The smallest absolute Gasteiger partial charge is 0.234 e. The molecule has 0 radical (unpaired) electrons. The van der Waals surface area contributed by atoms with E-state index in [2.05, 4.69) is 10.5 Å². The van der Waals surface area contributed by atoms with Crippen LogP contribution in [0.2, 0.25) is 0 Å². The van der Waals surface area contributed by atoms with Gasteiger partial charge >= 0.3 is 0 Å². The van der Waals surface area contributed by atoms with Gasteiger partial charge in [0.05, 0.1) is 0 Å². The molecule has 7 heteroatoms. The third-order valence-corrected chi connectivity index (χ3v) is 3.94. The molecule has 5 nitrogen and oxygen atoms in total. The summed E-state index contributed by atoms with van der Waals surface area (Å²) in [6, 6.07) is 3.04. The van der Waals surface area contributed by atoms with E-state index in [1.165, 1.54) is 0 Å². The number of oxime groups is 1. The average molecular weight is 297 g/mol. The lowest BCUT2D eigenvalue weighted by molar-refractivity contribution is -0.127. The highest BCUT2D eigenvalue weighted by molar-refractivity contribution is 6.07. The summed E-state index contributed by atoms with van der Waals surface area (Å²) >= 11 is 0. The molecule has 0 saturated heterocycles. The minimum Gasteiger partial charge on any atom is -0.409 e. The van der Waals surface area contributed by atoms with Crippen molar-refractivity contribution in [1.82, 2.24) is 5.32 Å². The number of amidine groups is 1. The predicted molar refractivity (Wildman–Crippen MR) is 72.5 cm³/mol. The van der Waals surface area contributed by atoms with Gasteiger partial charge in [-0.3, -0.25) is 4.79 Å². The second-order valence-corrected chi connectivity index (χ2v) is 5.19. The van der Waals surface area contributed by atoms with Crippen LogP contribution in [-0.4, -0.2) is 17.0 Å². The number of hydrogen-bond acceptors (Lipinski definition) is 3. The van der Waals surface area contributed by atoms with Gasteiger partial charge < -0.3 is 16.3 Å². The number of nitrogens with one attached hydrogen (secondary N) is 1. The Kier molecular flexibility index (Phi) is 4.40. The molecule has 1 amide bonds. The number of halogens is 2. The summed E-state index contributed by atoms with van der Waals surface area (Å²) in [5.74, 6) is -1.75. The summed E-state index contributed by atoms with van der Waals surface area (Å²) in [6.45, 7) is -0.150. The first kappa shape index (κ1) is 15.2. The molecule has 0 aliphatic heterocycles. The minimum absolute atomic E-state index is 0.0519. The van der Waals surface area contributed by atoms with Crippen LogP contribution in [0, 0.1) is 17.0 Å². The van der Waals surface area contributed by atoms with Gasteiger partial charge in [0.2, 0.25) is 5.91 Å². The average Bonchev–Trinajstić information content (AvgIpc) is 2.98. The van der Waals surface area contributed by atoms with E-state index in [1.807, 2.05) is 0 Å². The van der Waals surface area contributed by atoms with Gasteiger partial charge in [-0.1, -0.05) is 18.0 Å². The monoisotopic (exact) mass is 297 g/mol. The van der Waals surface area contributed by atoms with E-state index < -0.39 is 23.0 Å². The summed E-state index contributed by atoms with van der Waals surface area (Å²) < 4.78 is 26.6. The van der Waals surface area contributed by atoms with E-state index in [-0.39, 0.29) is 17.9 Å². The Morgan fingerprint density at radius 1 is 1.38 bits per heavy atom. The lowest BCUT2D eigenvalue weighted by atomic mass is 9.83. The Hall–Kier alpha value is -2.18. The fourth-order valence-corrected chi connectivity index (χ4v) is 2.70. The maximum Gasteiger partial charge on any atom is 0.234 e. The lowest BCUT2D eigenvalue weighted by Crippen LogP contribution is -2.48. The zero-order chi connectivity index (χ0) is 15.5. The molecule has 21 heavy (non-hydrogen) atoms. The van der Waals surface area contributed by atoms with Gasteiger partial charge in [0.25, 0.3) is 0 Å². The van der Waals surface area contributed by atoms with Crippen LogP contribution in [0.1, 0.15) is 31.2 Å². The molecule has 0 bridgehead atoms. The van der Waals surface area contributed by atoms with E-state index in [0.717, 1.165) is 31.0 Å². The third kappa shape index (κ3) is 2.96. The Labute approximate surface area is 120 Å². The van der Waals surface area contributed by atoms with Gasteiger partial charge in [-0.15, -0.1) is 0 Å². The van der Waals surface area contributed by atoms with Crippen molar-refractivity contribution in [3.05, 3.63) is 35.4 Å². The number of benzene rings is 1. The minimum atomic E-state index is -1.06. The van der Waals surface area contributed by atoms with E-state index in [1.54, 1.807) is 0 Å². The zero-order valence-electron chi connectivity index (χ0n) is 11.4. The van der Waals surface area contributed by atoms with Crippen molar-refractivity contribution in [2.75, 3.05) is 0 Å². The summed E-state index contributed by atoms with van der Waals surface area (Å²) in [5.41, 5.74) is 4.64. The van der Waals surface area contributed by atoms with Gasteiger partial charge in [0.1, 0.15) is 17.0 Å². The van der Waals surface area contributed by atoms with Crippen molar-refractivity contribution in [2.45, 2.75) is 32.2 Å². The molecule has 4 N–H and O–H groups in total. The van der Waals surface area contributed by atoms with Gasteiger partial charge in [-0.05, 0) is 31.0 Å². The van der Waals surface area contributed by atoms with Crippen LogP contribution in [0.3, 0.4) is 0 Å². The van der Waals surface area contributed by atoms with Crippen molar-refractivity contribution in [3.8, 4) is 0 Å². The third-order valence-electron chi connectivity index (χ3n) is 3.94. The maximum absolute atomic E-state index is 13.5. The number of amides is 1. The molecule has 2 rings (SSSR count). The summed E-state index contributed by atoms with van der Waals surface area (Å²) in [4.78, 5) is 12.3. The van der Waals surface area contributed by atoms with Gasteiger partial charge in [0, 0.05) is 12.1 Å². The first-order valence-corrected chi connectivity index (χ1v) is 6.70. The van der Waals surface area contributed by atoms with Crippen molar-refractivity contribution in [3.63, 3.8) is 0 Å². The van der Waals surface area contributed by atoms with E-state index in [9.17, 15) is 13.6 Å². The maximum atomic E-state index is 13.5. The molecule has 0 unspecified atom stereocenters. The number of carbonyl (C=O) groups excluding carboxylic acids is 1. The molecule has 0 spiro atoms. The van der Waals surface area contributed by atoms with Crippen LogP contribution in [-0.2, 0) is 11.3 Å². The van der Waals surface area contributed by atoms with Gasteiger partial charge in [0.15, 0.2) is 5.84 Å². The zero-order valence-corrected chi connectivity index (χ0v) is 11.4. The fourth-order valence-electron chi connectivity index (χ4n) is 2.70. The number of carbonyl (C=O) groups is 1. The molecule has 1 fully saturated rings. The first-order valence-electron chi connectivity index (χ1n) is 6.70. The second kappa shape index (κ2) is 6.07. The van der Waals surface area contributed by atoms with Crippen molar-refractivity contribution in [1.29, 1.82) is 0 Å². The van der Waals surface area contributed by atoms with Gasteiger partial charge in [-0.2, -0.15) is 0 Å². The summed E-state index contributed by atoms with van der Waals surface area (Å²) in [7, 11) is 0. The van der Waals surface area contributed by atoms with Crippen LogP contribution in [0.15, 0.2) is 23.4 Å². The topological polar surface area (TPSA) is 87.7 Å². The van der Waals surface area contributed by atoms with Crippen molar-refractivity contribution >= 4 is 11.7 Å². The van der Waals surface area contributed by atoms with Crippen LogP contribution in [0.25, 0.3) is 0 Å². The Balaban J connectivity index is 2.12. The van der Waals surface area contributed by atoms with E-state index in [4.69, 9.17) is 10.9 Å². The molecule has 0 atom stereocenters. The fraction of sp³-hybridized carbons (Fsp3) is 0.429. The number of hydrogen-bond donors (Lipinski definition) is 3. The first-order chi connectivity index (χ1) is 9.99. The number of nitrogens with two attached hydrogens (primary N) is 1. The highest BCUT2D eigenvalue weighted by Gasteiger charge is 2.45. The van der Waals surface area contributed by atoms with E-state index >= 15 is 0 Å². The number of rotatable bonds is 4. The van der Waals surface area contributed by atoms with Crippen LogP contribution >= 0.6 is 0 Å². The second-order valence-electron chi connectivity index (χ2n) is 5.19. The molecule has 0 heterocycles. The molecular weight excluding hydrogens is 280 g/mol. The Morgan fingerprint density at radius 2 is 2.05 bits per heavy atom. The Morgan fingerprint density at radius 3 is 2.67 bits per heavy atom. The SMILES string of the molecule is NC(=NO)C1(C(=O)NCc2cc(F)ccc2F)CCCC1. The molecular formula is C14H17F2N3O2. The van der Waals surface area contributed by atoms with Gasteiger partial charge in [-0.25, -0.2) is 8.78 Å². The van der Waals surface area contributed by atoms with Crippen LogP contribution in [0.5, 0.6) is 0 Å². The standard InChI is InChI=1S/C14H17F2N3O2/c15-10-3-4-11(16)9(7-10)8-18-13(20)14(12(17)19-21)5-1-2-6-14/h3-4,7,21H,1-2,5-6,8H2,(H2,17,19)(H,18,20). The normalized spacial score (nSPS) is 17.7. The van der Waals surface area contributed by atoms with Crippen molar-refractivity contribution in [2.24, 2.45) is 16.3 Å². The van der Waals surface area contributed by atoms with Crippen molar-refractivity contribution < 1.29 is 18.8 Å². The summed E-state index contributed by atoms with van der Waals surface area (Å²) in [6.07, 6.45) is 2.52.